The van der Waals surface area contributed by atoms with Crippen LogP contribution in [0.15, 0.2) is 65.1 Å². The Morgan fingerprint density at radius 1 is 1.11 bits per heavy atom. The molecule has 0 bridgehead atoms. The smallest absolute Gasteiger partial charge is 0.292 e. The molecule has 28 heavy (non-hydrogen) atoms. The molecule has 1 heterocycles. The summed E-state index contributed by atoms with van der Waals surface area (Å²) in [4.78, 5) is 24.3. The van der Waals surface area contributed by atoms with E-state index in [4.69, 9.17) is 11.7 Å². The number of hydrogen-bond donors (Lipinski definition) is 4. The van der Waals surface area contributed by atoms with Crippen LogP contribution in [-0.4, -0.2) is 16.7 Å². The number of hydrazine groups is 1. The predicted octanol–water partition coefficient (Wildman–Crippen LogP) is 2.66. The van der Waals surface area contributed by atoms with Crippen molar-refractivity contribution in [1.82, 2.24) is 5.43 Å². The van der Waals surface area contributed by atoms with E-state index >= 15 is 0 Å². The van der Waals surface area contributed by atoms with Gasteiger partial charge in [0.1, 0.15) is 5.69 Å². The zero-order chi connectivity index (χ0) is 20.1. The van der Waals surface area contributed by atoms with E-state index in [1.807, 2.05) is 17.5 Å². The van der Waals surface area contributed by atoms with E-state index in [0.29, 0.717) is 11.1 Å². The Balaban J connectivity index is 1.88. The molecule has 0 unspecified atom stereocenters. The third-order valence-electron chi connectivity index (χ3n) is 3.93. The summed E-state index contributed by atoms with van der Waals surface area (Å²) in [5.41, 5.74) is 3.97. The van der Waals surface area contributed by atoms with Gasteiger partial charge in [-0.25, -0.2) is 5.84 Å². The van der Waals surface area contributed by atoms with Crippen molar-refractivity contribution in [3.8, 4) is 10.4 Å². The van der Waals surface area contributed by atoms with Crippen LogP contribution in [0.1, 0.15) is 15.9 Å². The number of nitrogens with one attached hydrogen (secondary N) is 2. The fourth-order valence-electron chi connectivity index (χ4n) is 2.56. The molecule has 10 heteroatoms. The van der Waals surface area contributed by atoms with E-state index in [-0.39, 0.29) is 17.2 Å². The maximum absolute atomic E-state index is 12.6. The lowest BCUT2D eigenvalue weighted by atomic mass is 10.1. The number of rotatable bonds is 5. The molecule has 0 aliphatic carbocycles. The fourth-order valence-corrected chi connectivity index (χ4v) is 3.28. The van der Waals surface area contributed by atoms with Crippen molar-refractivity contribution in [2.24, 2.45) is 16.8 Å². The van der Waals surface area contributed by atoms with Gasteiger partial charge in [0.25, 0.3) is 11.6 Å². The first-order chi connectivity index (χ1) is 13.5. The summed E-state index contributed by atoms with van der Waals surface area (Å²) in [5.74, 6) is 10.3. The first-order valence-electron chi connectivity index (χ1n) is 8.02. The Morgan fingerprint density at radius 2 is 1.82 bits per heavy atom. The standard InChI is InChI=1S/C18H16N6O3S/c19-22-17(23-20)11-3-5-12(6-4-11)18(25)21-14-10-13(16-2-1-9-28-16)7-8-15(14)24(26)27/h1-10H,19-20H2,(H,21,25)(H,22,23). The van der Waals surface area contributed by atoms with Crippen molar-refractivity contribution in [2.45, 2.75) is 0 Å². The highest BCUT2D eigenvalue weighted by atomic mass is 32.1. The van der Waals surface area contributed by atoms with Gasteiger partial charge in [-0.3, -0.25) is 14.9 Å². The third kappa shape index (κ3) is 3.98. The molecule has 0 fully saturated rings. The number of hydrogen-bond acceptors (Lipinski definition) is 7. The molecule has 142 valence electrons. The number of amides is 1. The van der Waals surface area contributed by atoms with Crippen molar-refractivity contribution in [2.75, 3.05) is 5.32 Å². The molecule has 0 spiro atoms. The van der Waals surface area contributed by atoms with Crippen molar-refractivity contribution < 1.29 is 9.72 Å². The molecule has 0 saturated carbocycles. The Kier molecular flexibility index (Phi) is 5.63. The molecule has 0 radical (unpaired) electrons. The van der Waals surface area contributed by atoms with E-state index < -0.39 is 10.8 Å². The molecule has 1 aromatic heterocycles. The van der Waals surface area contributed by atoms with Crippen molar-refractivity contribution in [1.29, 1.82) is 0 Å². The number of carbonyl (C=O) groups excluding carboxylic acids is 1. The van der Waals surface area contributed by atoms with Crippen molar-refractivity contribution in [3.63, 3.8) is 0 Å². The monoisotopic (exact) mass is 396 g/mol. The molecule has 3 rings (SSSR count). The minimum Gasteiger partial charge on any atom is -0.321 e. The van der Waals surface area contributed by atoms with Gasteiger partial charge in [-0.15, -0.1) is 11.3 Å². The molecule has 0 atom stereocenters. The molecule has 0 aliphatic heterocycles. The summed E-state index contributed by atoms with van der Waals surface area (Å²) >= 11 is 1.50. The lowest BCUT2D eigenvalue weighted by Crippen LogP contribution is -2.32. The predicted molar refractivity (Wildman–Crippen MR) is 109 cm³/mol. The topological polar surface area (TPSA) is 149 Å². The molecule has 3 aromatic rings. The number of nitro groups is 1. The average molecular weight is 396 g/mol. The molecule has 2 aromatic carbocycles. The summed E-state index contributed by atoms with van der Waals surface area (Å²) < 4.78 is 0. The quantitative estimate of drug-likeness (QED) is 0.171. The first-order valence-corrected chi connectivity index (χ1v) is 8.90. The highest BCUT2D eigenvalue weighted by Gasteiger charge is 2.18. The first kappa shape index (κ1) is 19.0. The lowest BCUT2D eigenvalue weighted by molar-refractivity contribution is -0.383. The van der Waals surface area contributed by atoms with E-state index in [2.05, 4.69) is 15.8 Å². The Bertz CT molecular complexity index is 1030. The maximum Gasteiger partial charge on any atom is 0.292 e. The van der Waals surface area contributed by atoms with Crippen LogP contribution in [0.4, 0.5) is 11.4 Å². The van der Waals surface area contributed by atoms with Crippen LogP contribution in [0.2, 0.25) is 0 Å². The van der Waals surface area contributed by atoms with E-state index in [1.54, 1.807) is 36.4 Å². The molecule has 0 saturated heterocycles. The number of hydrazone groups is 1. The highest BCUT2D eigenvalue weighted by molar-refractivity contribution is 7.13. The van der Waals surface area contributed by atoms with Gasteiger partial charge in [0.2, 0.25) is 0 Å². The van der Waals surface area contributed by atoms with E-state index in [0.717, 1.165) is 10.4 Å². The number of amidine groups is 1. The normalized spacial score (nSPS) is 11.1. The number of nitrogens with zero attached hydrogens (tertiary/aromatic N) is 2. The number of carbonyl (C=O) groups is 1. The van der Waals surface area contributed by atoms with Crippen LogP contribution in [0.25, 0.3) is 10.4 Å². The largest absolute Gasteiger partial charge is 0.321 e. The second-order valence-electron chi connectivity index (χ2n) is 5.62. The second-order valence-corrected chi connectivity index (χ2v) is 6.57. The zero-order valence-corrected chi connectivity index (χ0v) is 15.3. The number of nitrogens with two attached hydrogens (primary N) is 2. The molecule has 9 nitrogen and oxygen atoms in total. The number of anilines is 1. The fraction of sp³-hybridized carbons (Fsp3) is 0. The van der Waals surface area contributed by atoms with E-state index in [1.165, 1.54) is 17.4 Å². The summed E-state index contributed by atoms with van der Waals surface area (Å²) in [6.07, 6.45) is 0. The summed E-state index contributed by atoms with van der Waals surface area (Å²) in [6, 6.07) is 14.7. The van der Waals surface area contributed by atoms with Gasteiger partial charge in [-0.2, -0.15) is 5.10 Å². The van der Waals surface area contributed by atoms with Crippen molar-refractivity contribution in [3.05, 3.63) is 81.2 Å². The SMILES string of the molecule is NN=C(NN)c1ccc(C(=O)Nc2cc(-c3cccs3)ccc2[N+](=O)[O-])cc1. The minimum absolute atomic E-state index is 0.123. The highest BCUT2D eigenvalue weighted by Crippen LogP contribution is 2.32. The van der Waals surface area contributed by atoms with Crippen LogP contribution in [-0.2, 0) is 0 Å². The summed E-state index contributed by atoms with van der Waals surface area (Å²) in [7, 11) is 0. The van der Waals surface area contributed by atoms with Gasteiger partial charge in [-0.05, 0) is 41.3 Å². The van der Waals surface area contributed by atoms with Gasteiger partial charge in [0.05, 0.1) is 4.92 Å². The molecule has 0 aliphatic rings. The zero-order valence-electron chi connectivity index (χ0n) is 14.5. The second kappa shape index (κ2) is 8.29. The average Bonchev–Trinajstić information content (AvgIpc) is 3.24. The molecular weight excluding hydrogens is 380 g/mol. The van der Waals surface area contributed by atoms with E-state index in [9.17, 15) is 14.9 Å². The van der Waals surface area contributed by atoms with Crippen LogP contribution in [0.3, 0.4) is 0 Å². The molecule has 1 amide bonds. The van der Waals surface area contributed by atoms with Crippen LogP contribution in [0.5, 0.6) is 0 Å². The Morgan fingerprint density at radius 3 is 2.39 bits per heavy atom. The Hall–Kier alpha value is -3.76. The van der Waals surface area contributed by atoms with Crippen LogP contribution >= 0.6 is 11.3 Å². The number of benzene rings is 2. The minimum atomic E-state index is -0.534. The Labute approximate surface area is 163 Å². The van der Waals surface area contributed by atoms with Crippen LogP contribution in [0, 0.1) is 10.1 Å². The van der Waals surface area contributed by atoms with Gasteiger partial charge < -0.3 is 16.6 Å². The maximum atomic E-state index is 12.6. The summed E-state index contributed by atoms with van der Waals surface area (Å²) in [6.45, 7) is 0. The third-order valence-corrected chi connectivity index (χ3v) is 4.85. The number of thiophene rings is 1. The summed E-state index contributed by atoms with van der Waals surface area (Å²) in [5, 5.41) is 19.4. The van der Waals surface area contributed by atoms with Gasteiger partial charge in [0, 0.05) is 22.1 Å². The van der Waals surface area contributed by atoms with Crippen LogP contribution < -0.4 is 22.4 Å². The molecular formula is C18H16N6O3S. The van der Waals surface area contributed by atoms with Gasteiger partial charge >= 0.3 is 0 Å². The van der Waals surface area contributed by atoms with Crippen molar-refractivity contribution >= 4 is 34.5 Å². The van der Waals surface area contributed by atoms with Gasteiger partial charge in [-0.1, -0.05) is 18.2 Å². The van der Waals surface area contributed by atoms with Gasteiger partial charge in [0.15, 0.2) is 5.84 Å². The number of nitro benzene ring substituents is 1. The lowest BCUT2D eigenvalue weighted by Gasteiger charge is -2.09. The molecule has 6 N–H and O–H groups in total.